The number of imidazole rings is 1. The molecule has 0 fully saturated rings. The zero-order valence-corrected chi connectivity index (χ0v) is 19.5. The maximum atomic E-state index is 12.9. The molecule has 4 aromatic rings. The molecule has 3 N–H and O–H groups in total. The molecular formula is C27H23N7O2. The van der Waals surface area contributed by atoms with Gasteiger partial charge in [-0.3, -0.25) is 4.40 Å². The van der Waals surface area contributed by atoms with Crippen LogP contribution in [0, 0.1) is 11.8 Å². The van der Waals surface area contributed by atoms with Crippen molar-refractivity contribution < 1.29 is 9.59 Å². The van der Waals surface area contributed by atoms with Crippen molar-refractivity contribution in [3.8, 4) is 11.8 Å². The molecule has 1 unspecified atom stereocenters. The predicted molar refractivity (Wildman–Crippen MR) is 139 cm³/mol. The van der Waals surface area contributed by atoms with Gasteiger partial charge in [0.2, 0.25) is 0 Å². The molecule has 3 heterocycles. The highest BCUT2D eigenvalue weighted by Crippen LogP contribution is 2.28. The van der Waals surface area contributed by atoms with Crippen LogP contribution in [-0.4, -0.2) is 39.7 Å². The normalized spacial score (nSPS) is 14.2. The van der Waals surface area contributed by atoms with Crippen LogP contribution in [0.15, 0.2) is 84.2 Å². The molecule has 0 spiro atoms. The summed E-state index contributed by atoms with van der Waals surface area (Å²) in [5.74, 6) is 6.24. The third-order valence-electron chi connectivity index (χ3n) is 5.68. The van der Waals surface area contributed by atoms with Crippen molar-refractivity contribution >= 4 is 35.3 Å². The lowest BCUT2D eigenvalue weighted by atomic mass is 10.1. The summed E-state index contributed by atoms with van der Waals surface area (Å²) >= 11 is 0. The molecule has 0 bridgehead atoms. The second kappa shape index (κ2) is 10.0. The topological polar surface area (TPSA) is 103 Å². The third-order valence-corrected chi connectivity index (χ3v) is 5.68. The summed E-state index contributed by atoms with van der Waals surface area (Å²) in [4.78, 5) is 29.0. The Balaban J connectivity index is 1.32. The van der Waals surface area contributed by atoms with Crippen LogP contribution in [0.3, 0.4) is 0 Å². The fourth-order valence-corrected chi connectivity index (χ4v) is 3.94. The molecule has 0 aliphatic carbocycles. The molecule has 9 heteroatoms. The van der Waals surface area contributed by atoms with Crippen molar-refractivity contribution in [3.05, 3.63) is 95.9 Å². The molecule has 0 saturated heterocycles. The van der Waals surface area contributed by atoms with Gasteiger partial charge in [0, 0.05) is 37.1 Å². The molecule has 9 nitrogen and oxygen atoms in total. The van der Waals surface area contributed by atoms with Crippen LogP contribution in [-0.2, 0) is 0 Å². The predicted octanol–water partition coefficient (Wildman–Crippen LogP) is 4.45. The lowest BCUT2D eigenvalue weighted by molar-refractivity contribution is 0.200. The van der Waals surface area contributed by atoms with Crippen LogP contribution >= 0.6 is 0 Å². The smallest absolute Gasteiger partial charge is 0.341 e. The van der Waals surface area contributed by atoms with Crippen LogP contribution < -0.4 is 16.0 Å². The van der Waals surface area contributed by atoms with Crippen LogP contribution in [0.5, 0.6) is 0 Å². The minimum Gasteiger partial charge on any atom is -0.341 e. The number of rotatable bonds is 3. The Morgan fingerprint density at radius 1 is 1.00 bits per heavy atom. The molecule has 1 atom stereocenters. The standard InChI is InChI=1S/C27H23N7O2/c1-28-26(35)32-23-11-6-16-33-22(18-29-25(23)33)13-12-19-7-5-10-21(17-19)31-27(36)34-24(14-15-30-34)20-8-3-2-4-9-20/h2-11,15-18,24H,14H2,1H3,(H,31,36)(H2,28,32,35). The monoisotopic (exact) mass is 477 g/mol. The number of carbonyl (C=O) groups excluding carboxylic acids is 2. The van der Waals surface area contributed by atoms with Crippen molar-refractivity contribution in [3.63, 3.8) is 0 Å². The lowest BCUT2D eigenvalue weighted by Crippen LogP contribution is -2.31. The Labute approximate surface area is 207 Å². The Hall–Kier alpha value is -5.10. The van der Waals surface area contributed by atoms with Gasteiger partial charge in [-0.2, -0.15) is 5.10 Å². The first-order chi connectivity index (χ1) is 17.6. The summed E-state index contributed by atoms with van der Waals surface area (Å²) < 4.78 is 1.80. The van der Waals surface area contributed by atoms with E-state index in [1.165, 1.54) is 5.01 Å². The van der Waals surface area contributed by atoms with E-state index in [-0.39, 0.29) is 18.1 Å². The summed E-state index contributed by atoms with van der Waals surface area (Å²) in [7, 11) is 1.55. The van der Waals surface area contributed by atoms with Gasteiger partial charge in [0.25, 0.3) is 0 Å². The SMILES string of the molecule is CNC(=O)Nc1cccn2c(C#Cc3cccc(NC(=O)N4N=CCC4c4ccccc4)c3)cnc12. The molecule has 1 aliphatic rings. The summed E-state index contributed by atoms with van der Waals surface area (Å²) in [5, 5.41) is 13.9. The van der Waals surface area contributed by atoms with Gasteiger partial charge in [-0.25, -0.2) is 19.6 Å². The van der Waals surface area contributed by atoms with Crippen molar-refractivity contribution in [2.45, 2.75) is 12.5 Å². The number of amides is 4. The zero-order valence-electron chi connectivity index (χ0n) is 19.5. The number of fused-ring (bicyclic) bond motifs is 1. The van der Waals surface area contributed by atoms with Crippen molar-refractivity contribution in [2.75, 3.05) is 17.7 Å². The van der Waals surface area contributed by atoms with Gasteiger partial charge < -0.3 is 16.0 Å². The molecule has 2 aromatic heterocycles. The molecule has 2 aromatic carbocycles. The van der Waals surface area contributed by atoms with E-state index in [1.54, 1.807) is 29.9 Å². The van der Waals surface area contributed by atoms with E-state index in [0.717, 1.165) is 11.1 Å². The Morgan fingerprint density at radius 2 is 1.86 bits per heavy atom. The quantitative estimate of drug-likeness (QED) is 0.380. The number of pyridine rings is 1. The minimum atomic E-state index is -0.327. The van der Waals surface area contributed by atoms with Gasteiger partial charge in [-0.05, 0) is 41.8 Å². The molecule has 36 heavy (non-hydrogen) atoms. The average molecular weight is 478 g/mol. The number of hydrazone groups is 1. The van der Waals surface area contributed by atoms with E-state index in [4.69, 9.17) is 0 Å². The Kier molecular flexibility index (Phi) is 6.32. The van der Waals surface area contributed by atoms with E-state index in [9.17, 15) is 9.59 Å². The highest BCUT2D eigenvalue weighted by molar-refractivity contribution is 5.93. The Bertz CT molecular complexity index is 1520. The number of anilines is 2. The van der Waals surface area contributed by atoms with Crippen molar-refractivity contribution in [1.82, 2.24) is 19.7 Å². The van der Waals surface area contributed by atoms with Crippen LogP contribution in [0.1, 0.15) is 29.3 Å². The van der Waals surface area contributed by atoms with Gasteiger partial charge >= 0.3 is 12.1 Å². The molecule has 5 rings (SSSR count). The number of aromatic nitrogens is 2. The summed E-state index contributed by atoms with van der Waals surface area (Å²) in [6.45, 7) is 0. The van der Waals surface area contributed by atoms with Crippen molar-refractivity contribution in [1.29, 1.82) is 0 Å². The number of nitrogens with zero attached hydrogens (tertiary/aromatic N) is 4. The first-order valence-electron chi connectivity index (χ1n) is 11.4. The zero-order chi connectivity index (χ0) is 24.9. The van der Waals surface area contributed by atoms with Gasteiger partial charge in [0.1, 0.15) is 5.69 Å². The van der Waals surface area contributed by atoms with Crippen LogP contribution in [0.4, 0.5) is 21.0 Å². The molecule has 0 radical (unpaired) electrons. The number of nitrogens with one attached hydrogen (secondary N) is 3. The first kappa shape index (κ1) is 22.7. The average Bonchev–Trinajstić information content (AvgIpc) is 3.56. The van der Waals surface area contributed by atoms with Gasteiger partial charge in [0.05, 0.1) is 17.9 Å². The molecule has 1 aliphatic heterocycles. The molecular weight excluding hydrogens is 454 g/mol. The second-order valence-corrected chi connectivity index (χ2v) is 8.03. The van der Waals surface area contributed by atoms with E-state index < -0.39 is 0 Å². The first-order valence-corrected chi connectivity index (χ1v) is 11.4. The maximum Gasteiger partial charge on any atom is 0.342 e. The highest BCUT2D eigenvalue weighted by Gasteiger charge is 2.28. The summed E-state index contributed by atoms with van der Waals surface area (Å²) in [6.07, 6.45) is 5.91. The summed E-state index contributed by atoms with van der Waals surface area (Å²) in [5.41, 5.74) is 4.21. The number of carbonyl (C=O) groups is 2. The molecule has 4 amide bonds. The van der Waals surface area contributed by atoms with E-state index in [0.29, 0.717) is 29.1 Å². The highest BCUT2D eigenvalue weighted by atomic mass is 16.2. The number of hydrogen-bond donors (Lipinski definition) is 3. The Morgan fingerprint density at radius 3 is 2.69 bits per heavy atom. The largest absolute Gasteiger partial charge is 0.342 e. The van der Waals surface area contributed by atoms with Gasteiger partial charge in [-0.1, -0.05) is 42.3 Å². The van der Waals surface area contributed by atoms with E-state index >= 15 is 0 Å². The number of hydrogen-bond acceptors (Lipinski definition) is 4. The fraction of sp³-hybridized carbons (Fsp3) is 0.111. The molecule has 178 valence electrons. The number of urea groups is 2. The van der Waals surface area contributed by atoms with Gasteiger partial charge in [0.15, 0.2) is 5.65 Å². The van der Waals surface area contributed by atoms with E-state index in [2.05, 4.69) is 37.9 Å². The van der Waals surface area contributed by atoms with E-state index in [1.807, 2.05) is 66.9 Å². The number of benzene rings is 2. The van der Waals surface area contributed by atoms with Crippen molar-refractivity contribution in [2.24, 2.45) is 5.10 Å². The van der Waals surface area contributed by atoms with Gasteiger partial charge in [-0.15, -0.1) is 0 Å². The molecule has 0 saturated carbocycles. The van der Waals surface area contributed by atoms with Crippen LogP contribution in [0.2, 0.25) is 0 Å². The fourth-order valence-electron chi connectivity index (χ4n) is 3.94. The second-order valence-electron chi connectivity index (χ2n) is 8.03. The van der Waals surface area contributed by atoms with Crippen LogP contribution in [0.25, 0.3) is 5.65 Å². The minimum absolute atomic E-state index is 0.132. The maximum absolute atomic E-state index is 12.9. The summed E-state index contributed by atoms with van der Waals surface area (Å²) in [6, 6.07) is 20.0. The third kappa shape index (κ3) is 4.74. The lowest BCUT2D eigenvalue weighted by Gasteiger charge is -2.22.